The largest absolute Gasteiger partial charge is 0.394 e. The summed E-state index contributed by atoms with van der Waals surface area (Å²) >= 11 is 5.58. The van der Waals surface area contributed by atoms with Crippen molar-refractivity contribution in [2.75, 3.05) is 11.1 Å². The third kappa shape index (κ3) is 2.46. The van der Waals surface area contributed by atoms with Crippen LogP contribution in [0.1, 0.15) is 5.69 Å². The van der Waals surface area contributed by atoms with Crippen LogP contribution in [-0.2, 0) is 0 Å². The van der Waals surface area contributed by atoms with Gasteiger partial charge in [0.15, 0.2) is 29.1 Å². The smallest absolute Gasteiger partial charge is 0.224 e. The van der Waals surface area contributed by atoms with Crippen LogP contribution < -0.4 is 11.1 Å². The van der Waals surface area contributed by atoms with Gasteiger partial charge in [-0.15, -0.1) is 0 Å². The van der Waals surface area contributed by atoms with Gasteiger partial charge in [0.2, 0.25) is 5.28 Å². The number of aromatic nitrogens is 2. The van der Waals surface area contributed by atoms with Gasteiger partial charge < -0.3 is 11.1 Å². The lowest BCUT2D eigenvalue weighted by molar-refractivity contribution is 0.459. The van der Waals surface area contributed by atoms with Crippen LogP contribution in [0.4, 0.5) is 34.8 Å². The molecule has 0 radical (unpaired) electrons. The number of halogens is 5. The fourth-order valence-electron chi connectivity index (χ4n) is 1.44. The van der Waals surface area contributed by atoms with Crippen molar-refractivity contribution >= 4 is 28.8 Å². The summed E-state index contributed by atoms with van der Waals surface area (Å²) in [6, 6.07) is 0.0947. The van der Waals surface area contributed by atoms with Gasteiger partial charge in [0.25, 0.3) is 0 Å². The van der Waals surface area contributed by atoms with Crippen LogP contribution in [-0.4, -0.2) is 9.97 Å². The molecule has 3 N–H and O–H groups in total. The molecule has 0 saturated heterocycles. The maximum Gasteiger partial charge on any atom is 0.224 e. The number of rotatable bonds is 2. The van der Waals surface area contributed by atoms with Crippen LogP contribution in [0.5, 0.6) is 0 Å². The lowest BCUT2D eigenvalue weighted by atomic mass is 10.2. The first-order valence-electron chi connectivity index (χ1n) is 5.21. The molecular formula is C11H7ClF4N4. The predicted molar refractivity (Wildman–Crippen MR) is 65.7 cm³/mol. The molecule has 9 heteroatoms. The van der Waals surface area contributed by atoms with Gasteiger partial charge in [0.05, 0.1) is 11.4 Å². The van der Waals surface area contributed by atoms with E-state index in [1.807, 2.05) is 0 Å². The monoisotopic (exact) mass is 306 g/mol. The van der Waals surface area contributed by atoms with Crippen molar-refractivity contribution in [3.05, 3.63) is 40.3 Å². The fraction of sp³-hybridized carbons (Fsp3) is 0.0909. The molecule has 1 aromatic carbocycles. The summed E-state index contributed by atoms with van der Waals surface area (Å²) in [6.07, 6.45) is 0. The van der Waals surface area contributed by atoms with Crippen LogP contribution in [0.15, 0.2) is 6.07 Å². The van der Waals surface area contributed by atoms with E-state index in [0.717, 1.165) is 0 Å². The van der Waals surface area contributed by atoms with Gasteiger partial charge in [-0.25, -0.2) is 22.5 Å². The molecule has 0 bridgehead atoms. The molecule has 0 aliphatic heterocycles. The number of nitrogen functional groups attached to an aromatic ring is 1. The minimum Gasteiger partial charge on any atom is -0.394 e. The van der Waals surface area contributed by atoms with Crippen LogP contribution in [0, 0.1) is 30.2 Å². The third-order valence-corrected chi connectivity index (χ3v) is 2.63. The summed E-state index contributed by atoms with van der Waals surface area (Å²) < 4.78 is 53.1. The SMILES string of the molecule is Cc1nc(Cl)nc(Nc2c(F)c(F)cc(F)c2F)c1N. The van der Waals surface area contributed by atoms with E-state index in [1.54, 1.807) is 0 Å². The molecule has 0 fully saturated rings. The quantitative estimate of drug-likeness (QED) is 0.507. The Morgan fingerprint density at radius 3 is 2.20 bits per heavy atom. The van der Waals surface area contributed by atoms with E-state index in [1.165, 1.54) is 6.92 Å². The molecule has 20 heavy (non-hydrogen) atoms. The number of nitrogens with zero attached hydrogens (tertiary/aromatic N) is 2. The third-order valence-electron chi connectivity index (χ3n) is 2.46. The first kappa shape index (κ1) is 14.3. The van der Waals surface area contributed by atoms with Crippen LogP contribution in [0.2, 0.25) is 5.28 Å². The molecule has 0 atom stereocenters. The number of hydrogen-bond acceptors (Lipinski definition) is 4. The Bertz CT molecular complexity index is 667. The van der Waals surface area contributed by atoms with E-state index >= 15 is 0 Å². The highest BCUT2D eigenvalue weighted by molar-refractivity contribution is 6.28. The number of nitrogens with two attached hydrogens (primary N) is 1. The maximum atomic E-state index is 13.5. The minimum absolute atomic E-state index is 0.0575. The fourth-order valence-corrected chi connectivity index (χ4v) is 1.66. The van der Waals surface area contributed by atoms with Gasteiger partial charge in [0, 0.05) is 6.07 Å². The summed E-state index contributed by atoms with van der Waals surface area (Å²) in [5.74, 6) is -6.57. The average Bonchev–Trinajstić information content (AvgIpc) is 2.37. The topological polar surface area (TPSA) is 63.8 Å². The lowest BCUT2D eigenvalue weighted by Gasteiger charge is -2.12. The Morgan fingerprint density at radius 1 is 1.10 bits per heavy atom. The molecule has 0 amide bonds. The normalized spacial score (nSPS) is 10.7. The number of anilines is 3. The van der Waals surface area contributed by atoms with E-state index < -0.39 is 29.0 Å². The van der Waals surface area contributed by atoms with Crippen LogP contribution in [0.3, 0.4) is 0 Å². The predicted octanol–water partition coefficient (Wildman–Crippen LogP) is 3.32. The van der Waals surface area contributed by atoms with Crippen molar-refractivity contribution in [2.45, 2.75) is 6.92 Å². The van der Waals surface area contributed by atoms with E-state index in [4.69, 9.17) is 17.3 Å². The molecule has 2 rings (SSSR count). The van der Waals surface area contributed by atoms with Gasteiger partial charge >= 0.3 is 0 Å². The number of nitrogens with one attached hydrogen (secondary N) is 1. The number of aryl methyl sites for hydroxylation is 1. The zero-order chi connectivity index (χ0) is 15.0. The van der Waals surface area contributed by atoms with Crippen molar-refractivity contribution in [2.24, 2.45) is 0 Å². The van der Waals surface area contributed by atoms with E-state index in [9.17, 15) is 17.6 Å². The van der Waals surface area contributed by atoms with Gasteiger partial charge in [-0.3, -0.25) is 0 Å². The highest BCUT2D eigenvalue weighted by Crippen LogP contribution is 2.30. The number of benzene rings is 1. The first-order valence-corrected chi connectivity index (χ1v) is 5.58. The molecular weight excluding hydrogens is 300 g/mol. The summed E-state index contributed by atoms with van der Waals surface area (Å²) in [7, 11) is 0. The maximum absolute atomic E-state index is 13.5. The minimum atomic E-state index is -1.60. The number of hydrogen-bond donors (Lipinski definition) is 2. The molecule has 106 valence electrons. The van der Waals surface area contributed by atoms with Crippen molar-refractivity contribution in [1.82, 2.24) is 9.97 Å². The van der Waals surface area contributed by atoms with E-state index in [0.29, 0.717) is 0 Å². The summed E-state index contributed by atoms with van der Waals surface area (Å²) in [4.78, 5) is 7.32. The second kappa shape index (κ2) is 5.12. The molecule has 1 heterocycles. The molecule has 0 unspecified atom stereocenters. The van der Waals surface area contributed by atoms with E-state index in [-0.39, 0.29) is 28.5 Å². The molecule has 4 nitrogen and oxygen atoms in total. The zero-order valence-electron chi connectivity index (χ0n) is 9.94. The Kier molecular flexibility index (Phi) is 3.67. The lowest BCUT2D eigenvalue weighted by Crippen LogP contribution is -2.08. The molecule has 0 saturated carbocycles. The molecule has 1 aromatic heterocycles. The van der Waals surface area contributed by atoms with Crippen molar-refractivity contribution in [3.8, 4) is 0 Å². The van der Waals surface area contributed by atoms with E-state index in [2.05, 4.69) is 15.3 Å². The first-order chi connectivity index (χ1) is 9.31. The summed E-state index contributed by atoms with van der Waals surface area (Å²) in [5.41, 5.74) is 4.73. The Balaban J connectivity index is 2.56. The van der Waals surface area contributed by atoms with Gasteiger partial charge in [-0.1, -0.05) is 0 Å². The van der Waals surface area contributed by atoms with Gasteiger partial charge in [0.1, 0.15) is 5.69 Å². The average molecular weight is 307 g/mol. The molecule has 0 aliphatic rings. The van der Waals surface area contributed by atoms with Gasteiger partial charge in [-0.2, -0.15) is 4.98 Å². The summed E-state index contributed by atoms with van der Waals surface area (Å²) in [6.45, 7) is 1.48. The second-order valence-electron chi connectivity index (χ2n) is 3.81. The molecule has 0 spiro atoms. The standard InChI is InChI=1S/C11H7ClF4N4/c1-3-8(17)10(20-11(12)18-3)19-9-6(15)4(13)2-5(14)7(9)16/h2H,17H2,1H3,(H,18,19,20). The second-order valence-corrected chi connectivity index (χ2v) is 4.15. The Morgan fingerprint density at radius 2 is 1.65 bits per heavy atom. The Hall–Kier alpha value is -2.09. The zero-order valence-corrected chi connectivity index (χ0v) is 10.7. The summed E-state index contributed by atoms with van der Waals surface area (Å²) in [5, 5.41) is 1.84. The van der Waals surface area contributed by atoms with Gasteiger partial charge in [-0.05, 0) is 18.5 Å². The van der Waals surface area contributed by atoms with Crippen molar-refractivity contribution < 1.29 is 17.6 Å². The Labute approximate surface area is 115 Å². The van der Waals surface area contributed by atoms with Crippen LogP contribution in [0.25, 0.3) is 0 Å². The van der Waals surface area contributed by atoms with Crippen molar-refractivity contribution in [3.63, 3.8) is 0 Å². The highest BCUT2D eigenvalue weighted by Gasteiger charge is 2.21. The molecule has 0 aliphatic carbocycles. The van der Waals surface area contributed by atoms with Crippen LogP contribution >= 0.6 is 11.6 Å². The molecule has 2 aromatic rings. The highest BCUT2D eigenvalue weighted by atomic mass is 35.5. The van der Waals surface area contributed by atoms with Crippen molar-refractivity contribution in [1.29, 1.82) is 0 Å².